The highest BCUT2D eigenvalue weighted by atomic mass is 35.5. The van der Waals surface area contributed by atoms with E-state index >= 15 is 0 Å². The van der Waals surface area contributed by atoms with Crippen LogP contribution in [0, 0.1) is 0 Å². The van der Waals surface area contributed by atoms with E-state index in [1.54, 1.807) is 0 Å². The first-order valence-electron chi connectivity index (χ1n) is 8.35. The molecule has 1 fully saturated rings. The molecule has 28 heavy (non-hydrogen) atoms. The zero-order chi connectivity index (χ0) is 20.5. The zero-order valence-electron chi connectivity index (χ0n) is 14.7. The van der Waals surface area contributed by atoms with Crippen molar-refractivity contribution >= 4 is 27.7 Å². The first kappa shape index (κ1) is 20.2. The predicted molar refractivity (Wildman–Crippen MR) is 101 cm³/mol. The fourth-order valence-electron chi connectivity index (χ4n) is 2.94. The number of amides is 1. The van der Waals surface area contributed by atoms with Gasteiger partial charge in [0.05, 0.1) is 4.90 Å². The third-order valence-corrected chi connectivity index (χ3v) is 6.40. The highest BCUT2D eigenvalue weighted by molar-refractivity contribution is 7.90. The van der Waals surface area contributed by atoms with Gasteiger partial charge in [-0.25, -0.2) is 17.2 Å². The molecular formula is C17H18ClN3O6S. The van der Waals surface area contributed by atoms with Gasteiger partial charge >= 0.3 is 11.7 Å². The summed E-state index contributed by atoms with van der Waals surface area (Å²) in [7, 11) is -4.21. The van der Waals surface area contributed by atoms with Crippen molar-refractivity contribution in [3.8, 4) is 5.75 Å². The number of carbonyl (C=O) groups is 1. The van der Waals surface area contributed by atoms with Crippen molar-refractivity contribution in [3.63, 3.8) is 0 Å². The van der Waals surface area contributed by atoms with E-state index < -0.39 is 27.4 Å². The molecule has 1 saturated heterocycles. The number of aromatic nitrogens is 1. The lowest BCUT2D eigenvalue weighted by molar-refractivity contribution is 0.102. The molecule has 0 bridgehead atoms. The molecule has 9 nitrogen and oxygen atoms in total. The van der Waals surface area contributed by atoms with Crippen LogP contribution in [-0.2, 0) is 16.6 Å². The Kier molecular flexibility index (Phi) is 5.64. The topological polar surface area (TPSA) is 120 Å². The van der Waals surface area contributed by atoms with Crippen molar-refractivity contribution in [1.82, 2.24) is 13.8 Å². The van der Waals surface area contributed by atoms with Gasteiger partial charge in [-0.05, 0) is 24.3 Å². The van der Waals surface area contributed by atoms with E-state index in [1.165, 1.54) is 35.2 Å². The summed E-state index contributed by atoms with van der Waals surface area (Å²) in [6.07, 6.45) is 0.109. The summed E-state index contributed by atoms with van der Waals surface area (Å²) in [5, 5.41) is 19.4. The lowest BCUT2D eigenvalue weighted by atomic mass is 10.2. The van der Waals surface area contributed by atoms with E-state index in [2.05, 4.69) is 0 Å². The smallest absolute Gasteiger partial charge is 0.407 e. The largest absolute Gasteiger partial charge is 0.503 e. The molecule has 11 heteroatoms. The van der Waals surface area contributed by atoms with E-state index in [9.17, 15) is 23.1 Å². The second kappa shape index (κ2) is 7.82. The van der Waals surface area contributed by atoms with Gasteiger partial charge in [0.15, 0.2) is 5.75 Å². The average Bonchev–Trinajstić information content (AvgIpc) is 2.66. The number of piperazine rings is 1. The van der Waals surface area contributed by atoms with Crippen LogP contribution in [0.4, 0.5) is 4.79 Å². The molecule has 0 aliphatic carbocycles. The Bertz CT molecular complexity index is 1060. The number of hydrogen-bond acceptors (Lipinski definition) is 6. The van der Waals surface area contributed by atoms with Gasteiger partial charge in [0.25, 0.3) is 10.0 Å². The van der Waals surface area contributed by atoms with E-state index in [-0.39, 0.29) is 22.0 Å². The highest BCUT2D eigenvalue weighted by Crippen LogP contribution is 2.20. The summed E-state index contributed by atoms with van der Waals surface area (Å²) < 4.78 is 25.8. The Labute approximate surface area is 166 Å². The van der Waals surface area contributed by atoms with E-state index in [4.69, 9.17) is 16.7 Å². The molecule has 1 aliphatic rings. The van der Waals surface area contributed by atoms with Gasteiger partial charge in [-0.15, -0.1) is 0 Å². The molecule has 1 aromatic heterocycles. The molecule has 0 spiro atoms. The fourth-order valence-corrected chi connectivity index (χ4v) is 4.48. The number of benzene rings is 1. The van der Waals surface area contributed by atoms with Crippen LogP contribution in [0.15, 0.2) is 46.2 Å². The zero-order valence-corrected chi connectivity index (χ0v) is 16.2. The number of carboxylic acid groups (broad SMARTS) is 1. The molecule has 1 amide bonds. The van der Waals surface area contributed by atoms with E-state index in [1.807, 2.05) is 4.90 Å². The van der Waals surface area contributed by atoms with Crippen molar-refractivity contribution in [2.24, 2.45) is 0 Å². The lowest BCUT2D eigenvalue weighted by Gasteiger charge is -2.33. The van der Waals surface area contributed by atoms with Crippen LogP contribution >= 0.6 is 11.6 Å². The third-order valence-electron chi connectivity index (χ3n) is 4.51. The third kappa shape index (κ3) is 3.98. The maximum Gasteiger partial charge on any atom is 0.407 e. The van der Waals surface area contributed by atoms with Gasteiger partial charge in [-0.2, -0.15) is 0 Å². The predicted octanol–water partition coefficient (Wildman–Crippen LogP) is 1.24. The first-order valence-corrected chi connectivity index (χ1v) is 10.2. The van der Waals surface area contributed by atoms with Gasteiger partial charge in [-0.1, -0.05) is 17.7 Å². The monoisotopic (exact) mass is 427 g/mol. The molecule has 1 aromatic carbocycles. The van der Waals surface area contributed by atoms with Crippen LogP contribution in [-0.4, -0.2) is 64.7 Å². The number of nitrogens with zero attached hydrogens (tertiary/aromatic N) is 3. The maximum atomic E-state index is 12.7. The normalized spacial score (nSPS) is 15.5. The van der Waals surface area contributed by atoms with E-state index in [0.29, 0.717) is 30.2 Å². The minimum atomic E-state index is -4.21. The fraction of sp³-hybridized carbons (Fsp3) is 0.294. The summed E-state index contributed by atoms with van der Waals surface area (Å²) in [6, 6.07) is 6.85. The minimum absolute atomic E-state index is 0.168. The van der Waals surface area contributed by atoms with Crippen molar-refractivity contribution in [2.75, 3.05) is 26.2 Å². The van der Waals surface area contributed by atoms with Crippen LogP contribution in [0.25, 0.3) is 0 Å². The quantitative estimate of drug-likeness (QED) is 0.753. The molecule has 150 valence electrons. The summed E-state index contributed by atoms with van der Waals surface area (Å²) in [5.41, 5.74) is -0.784. The number of aromatic hydroxyl groups is 1. The van der Waals surface area contributed by atoms with Crippen LogP contribution < -0.4 is 5.56 Å². The Morgan fingerprint density at radius 2 is 1.82 bits per heavy atom. The average molecular weight is 428 g/mol. The standard InChI is InChI=1S/C17H18ClN3O6S/c18-13-2-1-3-14(10-13)28(26,27)21-5-4-12(15(22)16(21)23)11-19-6-8-20(9-7-19)17(24)25/h1-5,10,22H,6-9,11H2,(H,24,25). The molecule has 0 radical (unpaired) electrons. The Morgan fingerprint density at radius 3 is 2.43 bits per heavy atom. The van der Waals surface area contributed by atoms with Gasteiger partial charge in [-0.3, -0.25) is 9.69 Å². The van der Waals surface area contributed by atoms with Crippen LogP contribution in [0.5, 0.6) is 5.75 Å². The molecule has 0 unspecified atom stereocenters. The van der Waals surface area contributed by atoms with Crippen molar-refractivity contribution in [1.29, 1.82) is 0 Å². The van der Waals surface area contributed by atoms with Crippen LogP contribution in [0.2, 0.25) is 5.02 Å². The number of rotatable bonds is 4. The SMILES string of the molecule is O=C(O)N1CCN(Cc2ccn(S(=O)(=O)c3cccc(Cl)c3)c(=O)c2O)CC1. The van der Waals surface area contributed by atoms with Gasteiger partial charge in [0.1, 0.15) is 0 Å². The van der Waals surface area contributed by atoms with Crippen LogP contribution in [0.3, 0.4) is 0 Å². The second-order valence-electron chi connectivity index (χ2n) is 6.30. The molecule has 3 rings (SSSR count). The second-order valence-corrected chi connectivity index (χ2v) is 8.55. The number of hydrogen-bond donors (Lipinski definition) is 2. The van der Waals surface area contributed by atoms with Gasteiger partial charge in [0, 0.05) is 49.5 Å². The Morgan fingerprint density at radius 1 is 1.14 bits per heavy atom. The molecule has 0 atom stereocenters. The maximum absolute atomic E-state index is 12.7. The number of halogens is 1. The minimum Gasteiger partial charge on any atom is -0.503 e. The lowest BCUT2D eigenvalue weighted by Crippen LogP contribution is -2.47. The van der Waals surface area contributed by atoms with Crippen molar-refractivity contribution in [2.45, 2.75) is 11.4 Å². The van der Waals surface area contributed by atoms with Crippen molar-refractivity contribution < 1.29 is 23.4 Å². The molecule has 2 heterocycles. The summed E-state index contributed by atoms with van der Waals surface area (Å²) in [6.45, 7) is 1.71. The van der Waals surface area contributed by atoms with E-state index in [0.717, 1.165) is 6.20 Å². The molecule has 2 aromatic rings. The number of pyridine rings is 1. The summed E-state index contributed by atoms with van der Waals surface area (Å²) in [4.78, 5) is 26.4. The molecule has 2 N–H and O–H groups in total. The highest BCUT2D eigenvalue weighted by Gasteiger charge is 2.24. The first-order chi connectivity index (χ1) is 13.2. The molecule has 0 saturated carbocycles. The summed E-state index contributed by atoms with van der Waals surface area (Å²) in [5.74, 6) is -0.659. The van der Waals surface area contributed by atoms with Crippen molar-refractivity contribution in [3.05, 3.63) is 57.5 Å². The van der Waals surface area contributed by atoms with Gasteiger partial charge in [0.2, 0.25) is 0 Å². The Hall–Kier alpha value is -2.56. The van der Waals surface area contributed by atoms with Gasteiger partial charge < -0.3 is 15.1 Å². The summed E-state index contributed by atoms with van der Waals surface area (Å²) >= 11 is 5.83. The Balaban J connectivity index is 1.84. The van der Waals surface area contributed by atoms with Crippen LogP contribution in [0.1, 0.15) is 5.56 Å². The molecule has 1 aliphatic heterocycles. The molecular weight excluding hydrogens is 410 g/mol.